The minimum Gasteiger partial charge on any atom is -0.472 e. The van der Waals surface area contributed by atoms with Crippen LogP contribution >= 0.6 is 0 Å². The summed E-state index contributed by atoms with van der Waals surface area (Å²) in [6.07, 6.45) is 3.29. The zero-order chi connectivity index (χ0) is 11.5. The van der Waals surface area contributed by atoms with Gasteiger partial charge in [0, 0.05) is 19.2 Å². The topological polar surface area (TPSA) is 66.8 Å². The van der Waals surface area contributed by atoms with E-state index in [0.29, 0.717) is 12.1 Å². The van der Waals surface area contributed by atoms with Crippen molar-refractivity contribution >= 4 is 5.82 Å². The average molecular weight is 216 g/mol. The van der Waals surface area contributed by atoms with Gasteiger partial charge in [0.05, 0.1) is 18.2 Å². The second kappa shape index (κ2) is 4.11. The molecule has 2 heterocycles. The molecule has 0 fully saturated rings. The summed E-state index contributed by atoms with van der Waals surface area (Å²) in [6, 6.07) is 4.02. The summed E-state index contributed by atoms with van der Waals surface area (Å²) in [5.74, 6) is 0.737. The van der Waals surface area contributed by atoms with Crippen molar-refractivity contribution in [3.8, 4) is 6.07 Å². The van der Waals surface area contributed by atoms with Gasteiger partial charge in [-0.3, -0.25) is 4.68 Å². The normalized spacial score (nSPS) is 10.1. The fourth-order valence-electron chi connectivity index (χ4n) is 1.57. The Labute approximate surface area is 93.3 Å². The summed E-state index contributed by atoms with van der Waals surface area (Å²) in [5, 5.41) is 16.4. The molecule has 0 aliphatic heterocycles. The molecule has 16 heavy (non-hydrogen) atoms. The fraction of sp³-hybridized carbons (Fsp3) is 0.273. The van der Waals surface area contributed by atoms with E-state index in [1.165, 1.54) is 0 Å². The molecule has 0 amide bonds. The van der Waals surface area contributed by atoms with Gasteiger partial charge in [-0.1, -0.05) is 0 Å². The van der Waals surface area contributed by atoms with Crippen LogP contribution in [0.25, 0.3) is 0 Å². The van der Waals surface area contributed by atoms with E-state index < -0.39 is 0 Å². The summed E-state index contributed by atoms with van der Waals surface area (Å²) >= 11 is 0. The summed E-state index contributed by atoms with van der Waals surface area (Å²) in [5.41, 5.74) is 2.36. The maximum atomic E-state index is 9.01. The lowest BCUT2D eigenvalue weighted by Gasteiger charge is -2.04. The van der Waals surface area contributed by atoms with E-state index in [1.54, 1.807) is 17.2 Å². The predicted octanol–water partition coefficient (Wildman–Crippen LogP) is 1.81. The first-order valence-electron chi connectivity index (χ1n) is 4.91. The van der Waals surface area contributed by atoms with Crippen LogP contribution in [0.4, 0.5) is 5.82 Å². The Morgan fingerprint density at radius 1 is 1.62 bits per heavy atom. The van der Waals surface area contributed by atoms with E-state index in [9.17, 15) is 0 Å². The van der Waals surface area contributed by atoms with Crippen molar-refractivity contribution in [1.82, 2.24) is 9.78 Å². The third kappa shape index (κ3) is 1.77. The van der Waals surface area contributed by atoms with Crippen LogP contribution in [0.5, 0.6) is 0 Å². The van der Waals surface area contributed by atoms with Crippen LogP contribution in [0.3, 0.4) is 0 Å². The van der Waals surface area contributed by atoms with Gasteiger partial charge in [-0.05, 0) is 13.0 Å². The molecule has 82 valence electrons. The van der Waals surface area contributed by atoms with Gasteiger partial charge < -0.3 is 9.73 Å². The van der Waals surface area contributed by atoms with Crippen LogP contribution in [-0.4, -0.2) is 9.78 Å². The molecule has 5 nitrogen and oxygen atoms in total. The van der Waals surface area contributed by atoms with Crippen molar-refractivity contribution in [1.29, 1.82) is 5.26 Å². The largest absolute Gasteiger partial charge is 0.472 e. The third-order valence-electron chi connectivity index (χ3n) is 2.37. The Kier molecular flexibility index (Phi) is 2.64. The molecule has 0 aliphatic rings. The number of hydrogen-bond donors (Lipinski definition) is 1. The summed E-state index contributed by atoms with van der Waals surface area (Å²) in [7, 11) is 1.81. The van der Waals surface area contributed by atoms with Gasteiger partial charge in [0.2, 0.25) is 0 Å². The second-order valence-electron chi connectivity index (χ2n) is 3.53. The molecule has 0 atom stereocenters. The van der Waals surface area contributed by atoms with Crippen molar-refractivity contribution in [2.75, 3.05) is 5.32 Å². The number of aryl methyl sites for hydroxylation is 2. The Bertz CT molecular complexity index is 519. The van der Waals surface area contributed by atoms with E-state index >= 15 is 0 Å². The molecule has 0 spiro atoms. The minimum atomic E-state index is 0.589. The maximum absolute atomic E-state index is 9.01. The van der Waals surface area contributed by atoms with E-state index in [4.69, 9.17) is 9.68 Å². The van der Waals surface area contributed by atoms with Gasteiger partial charge in [0.15, 0.2) is 0 Å². The molecule has 2 aromatic heterocycles. The molecule has 5 heteroatoms. The van der Waals surface area contributed by atoms with Crippen LogP contribution in [-0.2, 0) is 13.6 Å². The number of rotatable bonds is 3. The number of nitriles is 1. The summed E-state index contributed by atoms with van der Waals surface area (Å²) in [6.45, 7) is 2.44. The van der Waals surface area contributed by atoms with Gasteiger partial charge in [-0.2, -0.15) is 10.4 Å². The lowest BCUT2D eigenvalue weighted by molar-refractivity contribution is 0.564. The van der Waals surface area contributed by atoms with Gasteiger partial charge in [-0.25, -0.2) is 0 Å². The Morgan fingerprint density at radius 3 is 3.06 bits per heavy atom. The monoisotopic (exact) mass is 216 g/mol. The Hall–Kier alpha value is -2.22. The van der Waals surface area contributed by atoms with Crippen molar-refractivity contribution in [2.45, 2.75) is 13.5 Å². The quantitative estimate of drug-likeness (QED) is 0.849. The molecule has 2 aromatic rings. The first-order chi connectivity index (χ1) is 7.72. The summed E-state index contributed by atoms with van der Waals surface area (Å²) in [4.78, 5) is 0. The smallest absolute Gasteiger partial charge is 0.142 e. The van der Waals surface area contributed by atoms with Crippen molar-refractivity contribution < 1.29 is 4.42 Å². The zero-order valence-corrected chi connectivity index (χ0v) is 9.19. The highest BCUT2D eigenvalue weighted by molar-refractivity contribution is 5.55. The minimum absolute atomic E-state index is 0.589. The molecule has 0 unspecified atom stereocenters. The number of anilines is 1. The maximum Gasteiger partial charge on any atom is 0.142 e. The molecule has 1 N–H and O–H groups in total. The molecule has 0 saturated carbocycles. The third-order valence-corrected chi connectivity index (χ3v) is 2.37. The van der Waals surface area contributed by atoms with E-state index in [0.717, 1.165) is 17.1 Å². The molecule has 0 bridgehead atoms. The standard InChI is InChI=1S/C11H12N4O/c1-8-10(5-12)11(15(2)14-8)13-6-9-3-4-16-7-9/h3-4,7,13H,6H2,1-2H3. The Morgan fingerprint density at radius 2 is 2.44 bits per heavy atom. The lowest BCUT2D eigenvalue weighted by atomic mass is 10.2. The van der Waals surface area contributed by atoms with Gasteiger partial charge in [0.1, 0.15) is 17.5 Å². The van der Waals surface area contributed by atoms with Crippen LogP contribution < -0.4 is 5.32 Å². The van der Waals surface area contributed by atoms with Gasteiger partial charge in [0.25, 0.3) is 0 Å². The first kappa shape index (κ1) is 10.3. The van der Waals surface area contributed by atoms with Crippen molar-refractivity contribution in [3.05, 3.63) is 35.4 Å². The van der Waals surface area contributed by atoms with Crippen molar-refractivity contribution in [2.24, 2.45) is 7.05 Å². The zero-order valence-electron chi connectivity index (χ0n) is 9.19. The predicted molar refractivity (Wildman–Crippen MR) is 58.7 cm³/mol. The fourth-order valence-corrected chi connectivity index (χ4v) is 1.57. The molecule has 2 rings (SSSR count). The highest BCUT2D eigenvalue weighted by Crippen LogP contribution is 2.18. The van der Waals surface area contributed by atoms with Crippen LogP contribution in [0, 0.1) is 18.3 Å². The number of furan rings is 1. The highest BCUT2D eigenvalue weighted by Gasteiger charge is 2.12. The van der Waals surface area contributed by atoms with Crippen LogP contribution in [0.1, 0.15) is 16.8 Å². The molecule has 0 radical (unpaired) electrons. The molecule has 0 aliphatic carbocycles. The molecular weight excluding hydrogens is 204 g/mol. The molecule has 0 saturated heterocycles. The highest BCUT2D eigenvalue weighted by atomic mass is 16.3. The van der Waals surface area contributed by atoms with Crippen molar-refractivity contribution in [3.63, 3.8) is 0 Å². The molecular formula is C11H12N4O. The van der Waals surface area contributed by atoms with E-state index in [1.807, 2.05) is 20.0 Å². The lowest BCUT2D eigenvalue weighted by Crippen LogP contribution is -2.05. The SMILES string of the molecule is Cc1nn(C)c(NCc2ccoc2)c1C#N. The van der Waals surface area contributed by atoms with E-state index in [2.05, 4.69) is 16.5 Å². The van der Waals surface area contributed by atoms with Gasteiger partial charge in [-0.15, -0.1) is 0 Å². The second-order valence-corrected chi connectivity index (χ2v) is 3.53. The first-order valence-corrected chi connectivity index (χ1v) is 4.91. The van der Waals surface area contributed by atoms with Gasteiger partial charge >= 0.3 is 0 Å². The molecule has 0 aromatic carbocycles. The Balaban J connectivity index is 2.19. The number of nitrogens with one attached hydrogen (secondary N) is 1. The van der Waals surface area contributed by atoms with Crippen LogP contribution in [0.2, 0.25) is 0 Å². The number of nitrogens with zero attached hydrogens (tertiary/aromatic N) is 3. The number of hydrogen-bond acceptors (Lipinski definition) is 4. The van der Waals surface area contributed by atoms with E-state index in [-0.39, 0.29) is 0 Å². The number of aromatic nitrogens is 2. The van der Waals surface area contributed by atoms with Crippen LogP contribution in [0.15, 0.2) is 23.0 Å². The average Bonchev–Trinajstić information content (AvgIpc) is 2.83. The summed E-state index contributed by atoms with van der Waals surface area (Å²) < 4.78 is 6.64.